The highest BCUT2D eigenvalue weighted by atomic mass is 35.5. The third-order valence-electron chi connectivity index (χ3n) is 5.80. The van der Waals surface area contributed by atoms with Crippen molar-refractivity contribution in [2.24, 2.45) is 0 Å². The van der Waals surface area contributed by atoms with Gasteiger partial charge in [-0.15, -0.1) is 0 Å². The zero-order valence-corrected chi connectivity index (χ0v) is 26.3. The molecule has 15 heteroatoms. The van der Waals surface area contributed by atoms with Gasteiger partial charge in [-0.25, -0.2) is 4.79 Å². The van der Waals surface area contributed by atoms with Crippen molar-refractivity contribution < 1.29 is 33.5 Å². The first-order chi connectivity index (χ1) is 20.2. The van der Waals surface area contributed by atoms with Gasteiger partial charge in [-0.3, -0.25) is 19.4 Å². The van der Waals surface area contributed by atoms with E-state index in [4.69, 9.17) is 60.8 Å². The smallest absolute Gasteiger partial charge is 0.408 e. The molecule has 2 aromatic heterocycles. The third-order valence-corrected chi connectivity index (χ3v) is 6.80. The number of carbonyl (C=O) groups excluding carboxylic acids is 3. The summed E-state index contributed by atoms with van der Waals surface area (Å²) in [4.78, 5) is 53.6. The Balaban J connectivity index is 1.84. The summed E-state index contributed by atoms with van der Waals surface area (Å²) in [7, 11) is 0. The van der Waals surface area contributed by atoms with Crippen LogP contribution in [0.1, 0.15) is 40.0 Å². The molecular weight excluding hydrogens is 646 g/mol. The Morgan fingerprint density at radius 2 is 1.72 bits per heavy atom. The van der Waals surface area contributed by atoms with Crippen LogP contribution in [-0.2, 0) is 19.1 Å². The summed E-state index contributed by atoms with van der Waals surface area (Å²) in [5, 5.41) is 16.3. The number of rotatable bonds is 12. The molecule has 0 aliphatic heterocycles. The molecule has 0 fully saturated rings. The second-order valence-corrected chi connectivity index (χ2v) is 12.1. The van der Waals surface area contributed by atoms with Crippen molar-refractivity contribution in [1.29, 1.82) is 0 Å². The molecule has 11 nitrogen and oxygen atoms in total. The number of hydrogen-bond acceptors (Lipinski definition) is 8. The van der Waals surface area contributed by atoms with E-state index in [-0.39, 0.29) is 42.9 Å². The first-order valence-electron chi connectivity index (χ1n) is 12.9. The molecule has 230 valence electrons. The van der Waals surface area contributed by atoms with E-state index in [0.29, 0.717) is 21.3 Å². The molecule has 1 atom stereocenters. The van der Waals surface area contributed by atoms with Gasteiger partial charge in [0.25, 0.3) is 5.91 Å². The number of anilines is 1. The van der Waals surface area contributed by atoms with Crippen LogP contribution in [-0.4, -0.2) is 62.0 Å². The number of carboxylic acids is 1. The second-order valence-electron chi connectivity index (χ2n) is 10.2. The topological polar surface area (TPSA) is 152 Å². The maximum atomic E-state index is 13.1. The van der Waals surface area contributed by atoms with Crippen molar-refractivity contribution >= 4 is 75.8 Å². The zero-order chi connectivity index (χ0) is 31.9. The predicted molar refractivity (Wildman–Crippen MR) is 163 cm³/mol. The normalized spacial score (nSPS) is 12.1. The zero-order valence-electron chi connectivity index (χ0n) is 23.3. The van der Waals surface area contributed by atoms with Crippen molar-refractivity contribution in [3.8, 4) is 22.7 Å². The van der Waals surface area contributed by atoms with Crippen molar-refractivity contribution in [3.63, 3.8) is 0 Å². The Kier molecular flexibility index (Phi) is 11.8. The number of nitrogens with zero attached hydrogens (tertiary/aromatic N) is 3. The van der Waals surface area contributed by atoms with E-state index in [9.17, 15) is 19.2 Å². The van der Waals surface area contributed by atoms with E-state index in [1.807, 2.05) is 0 Å². The molecule has 43 heavy (non-hydrogen) atoms. The van der Waals surface area contributed by atoms with E-state index in [1.165, 1.54) is 23.2 Å². The molecule has 2 amide bonds. The lowest BCUT2D eigenvalue weighted by molar-refractivity contribution is -0.137. The maximum absolute atomic E-state index is 13.1. The van der Waals surface area contributed by atoms with Gasteiger partial charge in [0.05, 0.1) is 16.1 Å². The van der Waals surface area contributed by atoms with E-state index >= 15 is 0 Å². The lowest BCUT2D eigenvalue weighted by Gasteiger charge is -2.25. The molecule has 0 bridgehead atoms. The average Bonchev–Trinajstić information content (AvgIpc) is 3.39. The summed E-state index contributed by atoms with van der Waals surface area (Å²) in [5.41, 5.74) is 0.562. The number of carbonyl (C=O) groups is 4. The van der Waals surface area contributed by atoms with E-state index in [1.54, 1.807) is 45.0 Å². The standard InChI is InChI=1S/C28H28Cl4N4O7/c1-28(2,3)42-27(41)34-18(7-8-23(38)39)21(37)10-12-36(26(40)25(31)32)15-9-11-33-19(13-15)22-14-20(35-43-22)24-16(29)5-4-6-17(24)30/h4-6,9,11,13-14,18,25H,7-8,10,12H2,1-3H3,(H,34,41)(H,38,39). The van der Waals surface area contributed by atoms with Gasteiger partial charge < -0.3 is 24.6 Å². The molecule has 3 rings (SSSR count). The molecule has 0 saturated carbocycles. The largest absolute Gasteiger partial charge is 0.481 e. The summed E-state index contributed by atoms with van der Waals surface area (Å²) in [6.07, 6.45) is -0.311. The van der Waals surface area contributed by atoms with E-state index < -0.39 is 40.2 Å². The number of aliphatic carboxylic acids is 1. The number of alkyl halides is 2. The van der Waals surface area contributed by atoms with E-state index in [0.717, 1.165) is 0 Å². The van der Waals surface area contributed by atoms with Gasteiger partial charge in [0.2, 0.25) is 0 Å². The van der Waals surface area contributed by atoms with Gasteiger partial charge in [-0.05, 0) is 51.5 Å². The second kappa shape index (κ2) is 14.9. The number of nitrogens with one attached hydrogen (secondary N) is 1. The van der Waals surface area contributed by atoms with Crippen LogP contribution in [0.4, 0.5) is 10.5 Å². The molecule has 0 aliphatic rings. The molecule has 0 spiro atoms. The molecule has 0 saturated heterocycles. The fraction of sp³-hybridized carbons (Fsp3) is 0.357. The maximum Gasteiger partial charge on any atom is 0.408 e. The van der Waals surface area contributed by atoms with Crippen LogP contribution in [0.15, 0.2) is 47.1 Å². The number of Topliss-reactive ketones (excluding diaryl/α,β-unsaturated/α-hetero) is 1. The minimum absolute atomic E-state index is 0.183. The first-order valence-corrected chi connectivity index (χ1v) is 14.5. The van der Waals surface area contributed by atoms with Crippen LogP contribution >= 0.6 is 46.4 Å². The number of pyridine rings is 1. The highest BCUT2D eigenvalue weighted by Crippen LogP contribution is 2.36. The Hall–Kier alpha value is -3.38. The number of amides is 2. The number of benzene rings is 1. The summed E-state index contributed by atoms with van der Waals surface area (Å²) >= 11 is 24.4. The molecule has 1 unspecified atom stereocenters. The van der Waals surface area contributed by atoms with Crippen LogP contribution in [0.25, 0.3) is 22.7 Å². The van der Waals surface area contributed by atoms with E-state index in [2.05, 4.69) is 15.5 Å². The van der Waals surface area contributed by atoms with Crippen LogP contribution in [0, 0.1) is 0 Å². The number of alkyl carbamates (subject to hydrolysis) is 1. The molecule has 1 aromatic carbocycles. The summed E-state index contributed by atoms with van der Waals surface area (Å²) < 4.78 is 10.7. The average molecular weight is 674 g/mol. The predicted octanol–water partition coefficient (Wildman–Crippen LogP) is 6.56. The molecule has 2 N–H and O–H groups in total. The Labute approximate surface area is 267 Å². The van der Waals surface area contributed by atoms with Gasteiger partial charge in [0.1, 0.15) is 17.0 Å². The number of halogens is 4. The van der Waals surface area contributed by atoms with Crippen molar-refractivity contribution in [3.05, 3.63) is 52.6 Å². The van der Waals surface area contributed by atoms with Crippen LogP contribution < -0.4 is 10.2 Å². The monoisotopic (exact) mass is 672 g/mol. The lowest BCUT2D eigenvalue weighted by Crippen LogP contribution is -2.45. The Bertz CT molecular complexity index is 1470. The molecule has 2 heterocycles. The lowest BCUT2D eigenvalue weighted by atomic mass is 10.0. The molecular formula is C28H28Cl4N4O7. The quantitative estimate of drug-likeness (QED) is 0.203. The van der Waals surface area contributed by atoms with Crippen LogP contribution in [0.2, 0.25) is 10.0 Å². The first kappa shape index (κ1) is 34.1. The Morgan fingerprint density at radius 1 is 1.05 bits per heavy atom. The van der Waals surface area contributed by atoms with Crippen molar-refractivity contribution in [2.75, 3.05) is 11.4 Å². The minimum atomic E-state index is -1.46. The highest BCUT2D eigenvalue weighted by Gasteiger charge is 2.28. The molecule has 0 radical (unpaired) electrons. The fourth-order valence-corrected chi connectivity index (χ4v) is 4.72. The van der Waals surface area contributed by atoms with Crippen molar-refractivity contribution in [2.45, 2.75) is 56.5 Å². The summed E-state index contributed by atoms with van der Waals surface area (Å²) in [6, 6.07) is 8.43. The number of ketones is 1. The molecule has 0 aliphatic carbocycles. The van der Waals surface area contributed by atoms with Gasteiger partial charge in [-0.1, -0.05) is 57.6 Å². The fourth-order valence-electron chi connectivity index (χ4n) is 3.89. The van der Waals surface area contributed by atoms with Crippen LogP contribution in [0.5, 0.6) is 0 Å². The van der Waals surface area contributed by atoms with Crippen molar-refractivity contribution in [1.82, 2.24) is 15.5 Å². The third kappa shape index (κ3) is 9.82. The summed E-state index contributed by atoms with van der Waals surface area (Å²) in [6.45, 7) is 4.74. The summed E-state index contributed by atoms with van der Waals surface area (Å²) in [5.74, 6) is -2.17. The SMILES string of the molecule is CC(C)(C)OC(=O)NC(CCC(=O)O)C(=O)CCN(C(=O)C(Cl)Cl)c1ccnc(-c2cc(-c3c(Cl)cccc3Cl)no2)c1. The number of ether oxygens (including phenoxy) is 1. The Morgan fingerprint density at radius 3 is 2.33 bits per heavy atom. The van der Waals surface area contributed by atoms with Gasteiger partial charge >= 0.3 is 12.1 Å². The number of carboxylic acid groups (broad SMARTS) is 1. The van der Waals surface area contributed by atoms with Gasteiger partial charge in [-0.2, -0.15) is 0 Å². The van der Waals surface area contributed by atoms with Crippen LogP contribution in [0.3, 0.4) is 0 Å². The number of hydrogen-bond donors (Lipinski definition) is 2. The van der Waals surface area contributed by atoms with Gasteiger partial charge in [0, 0.05) is 42.9 Å². The molecule has 3 aromatic rings. The number of aromatic nitrogens is 2. The van der Waals surface area contributed by atoms with Gasteiger partial charge in [0.15, 0.2) is 16.4 Å². The minimum Gasteiger partial charge on any atom is -0.481 e. The highest BCUT2D eigenvalue weighted by molar-refractivity contribution is 6.54.